The van der Waals surface area contributed by atoms with E-state index in [2.05, 4.69) is 5.32 Å². The van der Waals surface area contributed by atoms with Gasteiger partial charge in [0, 0.05) is 12.1 Å². The maximum absolute atomic E-state index is 11.8. The number of anilines is 1. The molecular formula is C15H15NO4. The first-order valence-corrected chi connectivity index (χ1v) is 5.97. The first kappa shape index (κ1) is 13.7. The third kappa shape index (κ3) is 3.41. The highest BCUT2D eigenvalue weighted by Gasteiger charge is 2.07. The second-order valence-corrected chi connectivity index (χ2v) is 3.90. The van der Waals surface area contributed by atoms with E-state index >= 15 is 0 Å². The molecule has 2 rings (SSSR count). The van der Waals surface area contributed by atoms with Crippen molar-refractivity contribution in [3.05, 3.63) is 48.4 Å². The van der Waals surface area contributed by atoms with Crippen LogP contribution in [0.5, 0.6) is 11.5 Å². The molecule has 1 N–H and O–H groups in total. The highest BCUT2D eigenvalue weighted by atomic mass is 16.5. The molecule has 20 heavy (non-hydrogen) atoms. The second-order valence-electron chi connectivity index (χ2n) is 3.90. The molecule has 0 aliphatic carbocycles. The van der Waals surface area contributed by atoms with Crippen LogP contribution < -0.4 is 14.8 Å². The molecule has 0 saturated carbocycles. The maximum Gasteiger partial charge on any atom is 0.248 e. The number of methoxy groups -OCH3 is 2. The molecule has 0 atom stereocenters. The first-order valence-electron chi connectivity index (χ1n) is 5.97. The topological polar surface area (TPSA) is 60.7 Å². The Labute approximate surface area is 116 Å². The van der Waals surface area contributed by atoms with E-state index in [1.807, 2.05) is 0 Å². The van der Waals surface area contributed by atoms with Gasteiger partial charge in [0.05, 0.1) is 26.2 Å². The van der Waals surface area contributed by atoms with Crippen molar-refractivity contribution in [3.63, 3.8) is 0 Å². The van der Waals surface area contributed by atoms with Crippen LogP contribution in [-0.4, -0.2) is 20.1 Å². The molecule has 0 aliphatic rings. The van der Waals surface area contributed by atoms with Crippen LogP contribution >= 0.6 is 0 Å². The molecule has 104 valence electrons. The van der Waals surface area contributed by atoms with Crippen LogP contribution in [0.2, 0.25) is 0 Å². The standard InChI is InChI=1S/C15H15NO4/c1-18-12-5-7-14(19-2)13(10-12)16-15(17)8-6-11-4-3-9-20-11/h3-10H,1-2H3,(H,16,17)/b8-6-. The van der Waals surface area contributed by atoms with Gasteiger partial charge in [0.1, 0.15) is 17.3 Å². The van der Waals surface area contributed by atoms with Crippen molar-refractivity contribution in [3.8, 4) is 11.5 Å². The van der Waals surface area contributed by atoms with E-state index in [-0.39, 0.29) is 5.91 Å². The number of nitrogens with one attached hydrogen (secondary N) is 1. The summed E-state index contributed by atoms with van der Waals surface area (Å²) in [5.74, 6) is 1.52. The fourth-order valence-corrected chi connectivity index (χ4v) is 1.63. The molecule has 0 spiro atoms. The third-order valence-corrected chi connectivity index (χ3v) is 2.61. The number of benzene rings is 1. The van der Waals surface area contributed by atoms with Crippen LogP contribution in [0.1, 0.15) is 5.76 Å². The van der Waals surface area contributed by atoms with Crippen molar-refractivity contribution in [1.82, 2.24) is 0 Å². The molecule has 1 heterocycles. The lowest BCUT2D eigenvalue weighted by Crippen LogP contribution is -2.09. The number of carbonyl (C=O) groups excluding carboxylic acids is 1. The van der Waals surface area contributed by atoms with Crippen molar-refractivity contribution >= 4 is 17.7 Å². The number of carbonyl (C=O) groups is 1. The molecule has 1 amide bonds. The monoisotopic (exact) mass is 273 g/mol. The summed E-state index contributed by atoms with van der Waals surface area (Å²) < 4.78 is 15.4. The van der Waals surface area contributed by atoms with E-state index in [1.54, 1.807) is 49.8 Å². The van der Waals surface area contributed by atoms with E-state index in [0.29, 0.717) is 22.9 Å². The zero-order valence-corrected chi connectivity index (χ0v) is 11.3. The Bertz CT molecular complexity index is 602. The molecule has 0 aliphatic heterocycles. The van der Waals surface area contributed by atoms with Gasteiger partial charge in [-0.05, 0) is 30.3 Å². The SMILES string of the molecule is COc1ccc(OC)c(NC(=O)/C=C\c2ccco2)c1. The van der Waals surface area contributed by atoms with E-state index in [1.165, 1.54) is 13.2 Å². The summed E-state index contributed by atoms with van der Waals surface area (Å²) >= 11 is 0. The van der Waals surface area contributed by atoms with Gasteiger partial charge in [0.25, 0.3) is 0 Å². The first-order chi connectivity index (χ1) is 9.72. The molecule has 0 radical (unpaired) electrons. The van der Waals surface area contributed by atoms with Gasteiger partial charge in [-0.15, -0.1) is 0 Å². The van der Waals surface area contributed by atoms with Crippen LogP contribution in [-0.2, 0) is 4.79 Å². The summed E-state index contributed by atoms with van der Waals surface area (Å²) in [6.45, 7) is 0. The number of furan rings is 1. The second kappa shape index (κ2) is 6.47. The lowest BCUT2D eigenvalue weighted by Gasteiger charge is -2.10. The van der Waals surface area contributed by atoms with Crippen LogP contribution in [0.25, 0.3) is 6.08 Å². The Balaban J connectivity index is 2.10. The van der Waals surface area contributed by atoms with Gasteiger partial charge >= 0.3 is 0 Å². The van der Waals surface area contributed by atoms with Gasteiger partial charge in [-0.25, -0.2) is 0 Å². The molecular weight excluding hydrogens is 258 g/mol. The normalized spacial score (nSPS) is 10.5. The number of ether oxygens (including phenoxy) is 2. The Morgan fingerprint density at radius 2 is 2.10 bits per heavy atom. The minimum Gasteiger partial charge on any atom is -0.497 e. The summed E-state index contributed by atoms with van der Waals surface area (Å²) in [5.41, 5.74) is 0.543. The van der Waals surface area contributed by atoms with Crippen molar-refractivity contribution in [2.45, 2.75) is 0 Å². The smallest absolute Gasteiger partial charge is 0.248 e. The molecule has 0 fully saturated rings. The number of hydrogen-bond acceptors (Lipinski definition) is 4. The van der Waals surface area contributed by atoms with E-state index in [9.17, 15) is 4.79 Å². The highest BCUT2D eigenvalue weighted by molar-refractivity contribution is 6.02. The summed E-state index contributed by atoms with van der Waals surface area (Å²) in [4.78, 5) is 11.8. The zero-order chi connectivity index (χ0) is 14.4. The van der Waals surface area contributed by atoms with Gasteiger partial charge in [-0.1, -0.05) is 0 Å². The summed E-state index contributed by atoms with van der Waals surface area (Å²) in [6.07, 6.45) is 4.52. The van der Waals surface area contributed by atoms with E-state index in [4.69, 9.17) is 13.9 Å². The molecule has 5 heteroatoms. The van der Waals surface area contributed by atoms with Gasteiger partial charge in [-0.3, -0.25) is 4.79 Å². The predicted molar refractivity (Wildman–Crippen MR) is 75.9 cm³/mol. The van der Waals surface area contributed by atoms with Crippen LogP contribution in [0.15, 0.2) is 47.1 Å². The molecule has 2 aromatic rings. The highest BCUT2D eigenvalue weighted by Crippen LogP contribution is 2.28. The van der Waals surface area contributed by atoms with E-state index in [0.717, 1.165) is 0 Å². The number of rotatable bonds is 5. The fourth-order valence-electron chi connectivity index (χ4n) is 1.63. The molecule has 5 nitrogen and oxygen atoms in total. The summed E-state index contributed by atoms with van der Waals surface area (Å²) in [7, 11) is 3.10. The Morgan fingerprint density at radius 3 is 2.75 bits per heavy atom. The van der Waals surface area contributed by atoms with E-state index < -0.39 is 0 Å². The summed E-state index contributed by atoms with van der Waals surface area (Å²) in [5, 5.41) is 2.73. The van der Waals surface area contributed by atoms with Crippen molar-refractivity contribution in [2.75, 3.05) is 19.5 Å². The summed E-state index contributed by atoms with van der Waals surface area (Å²) in [6, 6.07) is 8.69. The third-order valence-electron chi connectivity index (χ3n) is 2.61. The van der Waals surface area contributed by atoms with Gasteiger partial charge in [0.15, 0.2) is 0 Å². The average Bonchev–Trinajstić information content (AvgIpc) is 2.98. The zero-order valence-electron chi connectivity index (χ0n) is 11.3. The molecule has 0 bridgehead atoms. The lowest BCUT2D eigenvalue weighted by molar-refractivity contribution is -0.111. The Morgan fingerprint density at radius 1 is 1.25 bits per heavy atom. The van der Waals surface area contributed by atoms with Crippen LogP contribution in [0, 0.1) is 0 Å². The number of amides is 1. The molecule has 1 aromatic carbocycles. The van der Waals surface area contributed by atoms with Crippen molar-refractivity contribution < 1.29 is 18.7 Å². The quantitative estimate of drug-likeness (QED) is 0.851. The van der Waals surface area contributed by atoms with Gasteiger partial charge in [0.2, 0.25) is 5.91 Å². The molecule has 0 unspecified atom stereocenters. The van der Waals surface area contributed by atoms with Crippen LogP contribution in [0.4, 0.5) is 5.69 Å². The largest absolute Gasteiger partial charge is 0.497 e. The lowest BCUT2D eigenvalue weighted by atomic mass is 10.2. The molecule has 0 saturated heterocycles. The predicted octanol–water partition coefficient (Wildman–Crippen LogP) is 2.95. The Hall–Kier alpha value is -2.69. The minimum absolute atomic E-state index is 0.284. The van der Waals surface area contributed by atoms with Gasteiger partial charge in [-0.2, -0.15) is 0 Å². The Kier molecular flexibility index (Phi) is 4.44. The van der Waals surface area contributed by atoms with Crippen molar-refractivity contribution in [1.29, 1.82) is 0 Å². The maximum atomic E-state index is 11.8. The minimum atomic E-state index is -0.284. The van der Waals surface area contributed by atoms with Crippen molar-refractivity contribution in [2.24, 2.45) is 0 Å². The average molecular weight is 273 g/mol. The van der Waals surface area contributed by atoms with Gasteiger partial charge < -0.3 is 19.2 Å². The molecule has 1 aromatic heterocycles. The fraction of sp³-hybridized carbons (Fsp3) is 0.133. The number of hydrogen-bond donors (Lipinski definition) is 1. The van der Waals surface area contributed by atoms with Crippen LogP contribution in [0.3, 0.4) is 0 Å².